The van der Waals surface area contributed by atoms with Crippen LogP contribution in [0.4, 0.5) is 0 Å². The minimum Gasteiger partial charge on any atom is -0.507 e. The van der Waals surface area contributed by atoms with Gasteiger partial charge in [0.15, 0.2) is 0 Å². The Morgan fingerprint density at radius 1 is 0.704 bits per heavy atom. The predicted molar refractivity (Wildman–Crippen MR) is 118 cm³/mol. The minimum absolute atomic E-state index is 0.293. The van der Waals surface area contributed by atoms with Crippen LogP contribution in [0, 0.1) is 0 Å². The molecule has 4 rings (SSSR count). The highest BCUT2D eigenvalue weighted by molar-refractivity contribution is 7.19. The number of phenols is 1. The molecule has 0 fully saturated rings. The third kappa shape index (κ3) is 5.05. The SMILES string of the molecule is COc1ccccc1-c1ccc(Cl)s1.Oc1ccccc1-c1ccc(Cl)s1. The summed E-state index contributed by atoms with van der Waals surface area (Å²) >= 11 is 14.7. The number of para-hydroxylation sites is 2. The predicted octanol–water partition coefficient (Wildman–Crippen LogP) is 7.85. The van der Waals surface area contributed by atoms with Gasteiger partial charge in [-0.2, -0.15) is 0 Å². The molecule has 2 heterocycles. The molecule has 1 N–H and O–H groups in total. The van der Waals surface area contributed by atoms with Gasteiger partial charge in [0.25, 0.3) is 0 Å². The van der Waals surface area contributed by atoms with E-state index < -0.39 is 0 Å². The Balaban J connectivity index is 0.000000156. The van der Waals surface area contributed by atoms with E-state index in [9.17, 15) is 5.11 Å². The maximum atomic E-state index is 9.54. The second-order valence-corrected chi connectivity index (χ2v) is 8.86. The van der Waals surface area contributed by atoms with E-state index in [-0.39, 0.29) is 0 Å². The molecule has 4 aromatic rings. The monoisotopic (exact) mass is 434 g/mol. The van der Waals surface area contributed by atoms with Crippen molar-refractivity contribution in [3.63, 3.8) is 0 Å². The number of aromatic hydroxyl groups is 1. The first kappa shape index (κ1) is 19.8. The molecule has 138 valence electrons. The number of thiophene rings is 2. The summed E-state index contributed by atoms with van der Waals surface area (Å²) in [5, 5.41) is 9.54. The molecular formula is C21H16Cl2O2S2. The van der Waals surface area contributed by atoms with Gasteiger partial charge < -0.3 is 9.84 Å². The van der Waals surface area contributed by atoms with Gasteiger partial charge in [-0.3, -0.25) is 0 Å². The summed E-state index contributed by atoms with van der Waals surface area (Å²) in [6.45, 7) is 0. The van der Waals surface area contributed by atoms with E-state index in [1.165, 1.54) is 11.3 Å². The Bertz CT molecular complexity index is 1020. The molecule has 2 nitrogen and oxygen atoms in total. The summed E-state index contributed by atoms with van der Waals surface area (Å²) in [4.78, 5) is 2.12. The highest BCUT2D eigenvalue weighted by Crippen LogP contribution is 2.37. The van der Waals surface area contributed by atoms with Gasteiger partial charge in [0.1, 0.15) is 11.5 Å². The van der Waals surface area contributed by atoms with Gasteiger partial charge >= 0.3 is 0 Å². The smallest absolute Gasteiger partial charge is 0.127 e. The molecule has 0 aliphatic carbocycles. The first-order chi connectivity index (χ1) is 13.1. The third-order valence-electron chi connectivity index (χ3n) is 3.69. The van der Waals surface area contributed by atoms with E-state index in [1.807, 2.05) is 60.7 Å². The number of hydrogen-bond acceptors (Lipinski definition) is 4. The van der Waals surface area contributed by atoms with Crippen LogP contribution in [0.3, 0.4) is 0 Å². The molecular weight excluding hydrogens is 419 g/mol. The molecule has 0 radical (unpaired) electrons. The van der Waals surface area contributed by atoms with Crippen LogP contribution in [0.25, 0.3) is 20.9 Å². The highest BCUT2D eigenvalue weighted by atomic mass is 35.5. The summed E-state index contributed by atoms with van der Waals surface area (Å²) in [5.41, 5.74) is 1.92. The van der Waals surface area contributed by atoms with Gasteiger partial charge in [0.2, 0.25) is 0 Å². The van der Waals surface area contributed by atoms with Gasteiger partial charge in [0, 0.05) is 20.9 Å². The van der Waals surface area contributed by atoms with Crippen molar-refractivity contribution < 1.29 is 9.84 Å². The van der Waals surface area contributed by atoms with Crippen LogP contribution in [-0.4, -0.2) is 12.2 Å². The molecule has 0 amide bonds. The number of methoxy groups -OCH3 is 1. The number of hydrogen-bond donors (Lipinski definition) is 1. The fourth-order valence-corrected chi connectivity index (χ4v) is 4.60. The Morgan fingerprint density at radius 3 is 1.74 bits per heavy atom. The van der Waals surface area contributed by atoms with Crippen molar-refractivity contribution in [2.24, 2.45) is 0 Å². The summed E-state index contributed by atoms with van der Waals surface area (Å²) in [7, 11) is 1.67. The zero-order chi connectivity index (χ0) is 19.2. The van der Waals surface area contributed by atoms with Crippen LogP contribution in [0.2, 0.25) is 8.67 Å². The van der Waals surface area contributed by atoms with Gasteiger partial charge in [-0.15, -0.1) is 22.7 Å². The fourth-order valence-electron chi connectivity index (χ4n) is 2.45. The van der Waals surface area contributed by atoms with Crippen LogP contribution in [-0.2, 0) is 0 Å². The van der Waals surface area contributed by atoms with Crippen molar-refractivity contribution in [1.82, 2.24) is 0 Å². The van der Waals surface area contributed by atoms with Crippen LogP contribution in [0.5, 0.6) is 11.5 Å². The summed E-state index contributed by atoms with van der Waals surface area (Å²) in [6, 6.07) is 22.8. The molecule has 2 aromatic carbocycles. The molecule has 0 aliphatic heterocycles. The summed E-state index contributed by atoms with van der Waals surface area (Å²) in [6.07, 6.45) is 0. The first-order valence-corrected chi connectivity index (χ1v) is 10.4. The van der Waals surface area contributed by atoms with Crippen molar-refractivity contribution in [1.29, 1.82) is 0 Å². The second kappa shape index (κ2) is 9.29. The first-order valence-electron chi connectivity index (χ1n) is 8.01. The van der Waals surface area contributed by atoms with Gasteiger partial charge in [-0.1, -0.05) is 47.5 Å². The summed E-state index contributed by atoms with van der Waals surface area (Å²) in [5.74, 6) is 1.17. The van der Waals surface area contributed by atoms with Gasteiger partial charge in [-0.25, -0.2) is 0 Å². The molecule has 0 spiro atoms. The van der Waals surface area contributed by atoms with E-state index in [1.54, 1.807) is 30.6 Å². The van der Waals surface area contributed by atoms with E-state index in [4.69, 9.17) is 27.9 Å². The van der Waals surface area contributed by atoms with Crippen LogP contribution in [0.15, 0.2) is 72.8 Å². The highest BCUT2D eigenvalue weighted by Gasteiger charge is 2.06. The molecule has 0 unspecified atom stereocenters. The lowest BCUT2D eigenvalue weighted by atomic mass is 10.2. The second-order valence-electron chi connectivity index (χ2n) is 5.42. The van der Waals surface area contributed by atoms with Crippen LogP contribution in [0.1, 0.15) is 0 Å². The van der Waals surface area contributed by atoms with Crippen molar-refractivity contribution in [3.8, 4) is 32.4 Å². The molecule has 0 aliphatic rings. The fraction of sp³-hybridized carbons (Fsp3) is 0.0476. The van der Waals surface area contributed by atoms with Crippen molar-refractivity contribution in [2.45, 2.75) is 0 Å². The Hall–Kier alpha value is -1.98. The molecule has 0 atom stereocenters. The van der Waals surface area contributed by atoms with Crippen molar-refractivity contribution in [3.05, 3.63) is 81.5 Å². The molecule has 0 saturated carbocycles. The topological polar surface area (TPSA) is 29.5 Å². The maximum Gasteiger partial charge on any atom is 0.127 e. The minimum atomic E-state index is 0.293. The lowest BCUT2D eigenvalue weighted by Crippen LogP contribution is -1.84. The van der Waals surface area contributed by atoms with E-state index in [0.717, 1.165) is 35.3 Å². The van der Waals surface area contributed by atoms with E-state index in [2.05, 4.69) is 0 Å². The van der Waals surface area contributed by atoms with Crippen LogP contribution < -0.4 is 4.74 Å². The molecule has 6 heteroatoms. The Kier molecular flexibility index (Phi) is 6.80. The largest absolute Gasteiger partial charge is 0.507 e. The lowest BCUT2D eigenvalue weighted by molar-refractivity contribution is 0.416. The summed E-state index contributed by atoms with van der Waals surface area (Å²) < 4.78 is 6.80. The molecule has 0 saturated heterocycles. The average molecular weight is 435 g/mol. The van der Waals surface area contributed by atoms with Gasteiger partial charge in [0.05, 0.1) is 15.8 Å². The quantitative estimate of drug-likeness (QED) is 0.355. The molecule has 0 bridgehead atoms. The zero-order valence-electron chi connectivity index (χ0n) is 14.4. The maximum absolute atomic E-state index is 9.54. The molecule has 27 heavy (non-hydrogen) atoms. The lowest BCUT2D eigenvalue weighted by Gasteiger charge is -2.04. The molecule has 2 aromatic heterocycles. The van der Waals surface area contributed by atoms with Gasteiger partial charge in [-0.05, 0) is 48.5 Å². The number of phenolic OH excluding ortho intramolecular Hbond substituents is 1. The van der Waals surface area contributed by atoms with Crippen molar-refractivity contribution in [2.75, 3.05) is 7.11 Å². The van der Waals surface area contributed by atoms with E-state index >= 15 is 0 Å². The number of rotatable bonds is 3. The van der Waals surface area contributed by atoms with Crippen LogP contribution >= 0.6 is 45.9 Å². The van der Waals surface area contributed by atoms with E-state index in [0.29, 0.717) is 5.75 Å². The van der Waals surface area contributed by atoms with Crippen molar-refractivity contribution >= 4 is 45.9 Å². The average Bonchev–Trinajstić information content (AvgIpc) is 3.31. The number of halogens is 2. The number of ether oxygens (including phenoxy) is 1. The normalized spacial score (nSPS) is 10.2. The third-order valence-corrected chi connectivity index (χ3v) is 6.22. The Morgan fingerprint density at radius 2 is 1.22 bits per heavy atom. The number of benzene rings is 2. The zero-order valence-corrected chi connectivity index (χ0v) is 17.5. The standard InChI is InChI=1S/C11H9ClOS.C10H7ClOS/c1-13-9-5-3-2-4-8(9)10-6-7-11(12)14-10;11-10-6-5-9(13-10)7-3-1-2-4-8(7)12/h2-7H,1H3;1-6,12H. The Labute approximate surface area is 176 Å².